The van der Waals surface area contributed by atoms with Gasteiger partial charge in [-0.2, -0.15) is 0 Å². The number of ether oxygens (including phenoxy) is 1. The summed E-state index contributed by atoms with van der Waals surface area (Å²) in [5.41, 5.74) is 2.42. The number of hydrogen-bond donors (Lipinski definition) is 2. The number of anilines is 1. The van der Waals surface area contributed by atoms with Crippen LogP contribution in [-0.4, -0.2) is 27.0 Å². The SMILES string of the molecule is CC(C)OC(=O)c1cccnc1NCc1ncc(-c2ccccc2)[nH]1. The summed E-state index contributed by atoms with van der Waals surface area (Å²) in [5.74, 6) is 0.841. The van der Waals surface area contributed by atoms with Crippen molar-refractivity contribution >= 4 is 11.8 Å². The smallest absolute Gasteiger partial charge is 0.342 e. The molecular weight excluding hydrogens is 316 g/mol. The Hall–Kier alpha value is -3.15. The molecule has 0 aliphatic carbocycles. The topological polar surface area (TPSA) is 79.9 Å². The molecule has 3 rings (SSSR count). The fourth-order valence-electron chi connectivity index (χ4n) is 2.37. The molecule has 2 N–H and O–H groups in total. The lowest BCUT2D eigenvalue weighted by molar-refractivity contribution is 0.0378. The van der Waals surface area contributed by atoms with Gasteiger partial charge >= 0.3 is 5.97 Å². The first-order valence-electron chi connectivity index (χ1n) is 8.12. The second kappa shape index (κ2) is 7.61. The molecule has 0 amide bonds. The van der Waals surface area contributed by atoms with Gasteiger partial charge in [-0.15, -0.1) is 0 Å². The van der Waals surface area contributed by atoms with Crippen molar-refractivity contribution in [2.45, 2.75) is 26.5 Å². The number of rotatable bonds is 6. The Morgan fingerprint density at radius 2 is 1.96 bits per heavy atom. The summed E-state index contributed by atoms with van der Waals surface area (Å²) in [6.45, 7) is 4.05. The Labute approximate surface area is 146 Å². The van der Waals surface area contributed by atoms with Crippen molar-refractivity contribution in [3.05, 3.63) is 66.2 Å². The molecule has 0 fully saturated rings. The first kappa shape index (κ1) is 16.7. The largest absolute Gasteiger partial charge is 0.459 e. The van der Waals surface area contributed by atoms with Crippen LogP contribution in [0, 0.1) is 0 Å². The first-order chi connectivity index (χ1) is 12.1. The normalized spacial score (nSPS) is 10.7. The quantitative estimate of drug-likeness (QED) is 0.672. The fraction of sp³-hybridized carbons (Fsp3) is 0.211. The third kappa shape index (κ3) is 4.23. The minimum absolute atomic E-state index is 0.181. The zero-order chi connectivity index (χ0) is 17.6. The molecule has 0 saturated heterocycles. The number of benzene rings is 1. The van der Waals surface area contributed by atoms with E-state index in [-0.39, 0.29) is 6.10 Å². The third-order valence-corrected chi connectivity index (χ3v) is 3.51. The van der Waals surface area contributed by atoms with E-state index < -0.39 is 5.97 Å². The Morgan fingerprint density at radius 1 is 1.16 bits per heavy atom. The van der Waals surface area contributed by atoms with Gasteiger partial charge < -0.3 is 15.0 Å². The van der Waals surface area contributed by atoms with E-state index >= 15 is 0 Å². The average molecular weight is 336 g/mol. The van der Waals surface area contributed by atoms with Gasteiger partial charge in [0.1, 0.15) is 17.2 Å². The molecule has 0 aliphatic heterocycles. The maximum Gasteiger partial charge on any atom is 0.342 e. The van der Waals surface area contributed by atoms with Crippen molar-refractivity contribution in [3.63, 3.8) is 0 Å². The van der Waals surface area contributed by atoms with Crippen LogP contribution in [0.5, 0.6) is 0 Å². The van der Waals surface area contributed by atoms with Crippen molar-refractivity contribution in [1.82, 2.24) is 15.0 Å². The number of esters is 1. The summed E-state index contributed by atoms with van der Waals surface area (Å²) in [6, 6.07) is 13.4. The second-order valence-electron chi connectivity index (χ2n) is 5.82. The van der Waals surface area contributed by atoms with Gasteiger partial charge in [0.05, 0.1) is 24.5 Å². The lowest BCUT2D eigenvalue weighted by Crippen LogP contribution is -2.15. The van der Waals surface area contributed by atoms with E-state index in [1.165, 1.54) is 0 Å². The molecule has 0 aliphatic rings. The monoisotopic (exact) mass is 336 g/mol. The summed E-state index contributed by atoms with van der Waals surface area (Å²) in [7, 11) is 0. The van der Waals surface area contributed by atoms with Gasteiger partial charge in [0, 0.05) is 6.20 Å². The first-order valence-corrected chi connectivity index (χ1v) is 8.12. The van der Waals surface area contributed by atoms with Gasteiger partial charge in [0.25, 0.3) is 0 Å². The molecule has 2 aromatic heterocycles. The van der Waals surface area contributed by atoms with Crippen LogP contribution in [0.2, 0.25) is 0 Å². The number of aromatic amines is 1. The molecule has 6 heteroatoms. The highest BCUT2D eigenvalue weighted by atomic mass is 16.5. The van der Waals surface area contributed by atoms with Gasteiger partial charge in [-0.05, 0) is 31.5 Å². The van der Waals surface area contributed by atoms with E-state index in [0.29, 0.717) is 17.9 Å². The van der Waals surface area contributed by atoms with Crippen LogP contribution in [0.15, 0.2) is 54.9 Å². The van der Waals surface area contributed by atoms with E-state index in [0.717, 1.165) is 17.1 Å². The predicted octanol–water partition coefficient (Wildman–Crippen LogP) is 3.65. The summed E-state index contributed by atoms with van der Waals surface area (Å²) in [5, 5.41) is 3.14. The standard InChI is InChI=1S/C19H20N4O2/c1-13(2)25-19(24)15-9-6-10-20-18(15)22-12-17-21-11-16(23-17)14-7-4-3-5-8-14/h3-11,13H,12H2,1-2H3,(H,20,22)(H,21,23). The van der Waals surface area contributed by atoms with Gasteiger partial charge in [-0.25, -0.2) is 14.8 Å². The molecular formula is C19H20N4O2. The third-order valence-electron chi connectivity index (χ3n) is 3.51. The number of imidazole rings is 1. The van der Waals surface area contributed by atoms with Crippen molar-refractivity contribution in [1.29, 1.82) is 0 Å². The molecule has 3 aromatic rings. The molecule has 6 nitrogen and oxygen atoms in total. The van der Waals surface area contributed by atoms with Gasteiger partial charge in [-0.1, -0.05) is 30.3 Å². The van der Waals surface area contributed by atoms with Crippen molar-refractivity contribution in [2.75, 3.05) is 5.32 Å². The molecule has 0 atom stereocenters. The molecule has 2 heterocycles. The maximum atomic E-state index is 12.2. The zero-order valence-corrected chi connectivity index (χ0v) is 14.2. The van der Waals surface area contributed by atoms with E-state index in [1.807, 2.05) is 44.2 Å². The lowest BCUT2D eigenvalue weighted by atomic mass is 10.2. The van der Waals surface area contributed by atoms with E-state index in [9.17, 15) is 4.79 Å². The highest BCUT2D eigenvalue weighted by molar-refractivity contribution is 5.94. The van der Waals surface area contributed by atoms with Crippen LogP contribution >= 0.6 is 0 Å². The van der Waals surface area contributed by atoms with Gasteiger partial charge in [-0.3, -0.25) is 0 Å². The number of aromatic nitrogens is 3. The Bertz CT molecular complexity index is 843. The highest BCUT2D eigenvalue weighted by Gasteiger charge is 2.15. The number of nitrogens with one attached hydrogen (secondary N) is 2. The Morgan fingerprint density at radius 3 is 2.72 bits per heavy atom. The summed E-state index contributed by atoms with van der Waals surface area (Å²) in [6.07, 6.45) is 3.24. The second-order valence-corrected chi connectivity index (χ2v) is 5.82. The molecule has 0 unspecified atom stereocenters. The lowest BCUT2D eigenvalue weighted by Gasteiger charge is -2.11. The van der Waals surface area contributed by atoms with Gasteiger partial charge in [0.15, 0.2) is 0 Å². The average Bonchev–Trinajstić information content (AvgIpc) is 3.09. The van der Waals surface area contributed by atoms with E-state index in [4.69, 9.17) is 4.74 Å². The predicted molar refractivity (Wildman–Crippen MR) is 96.1 cm³/mol. The molecule has 25 heavy (non-hydrogen) atoms. The molecule has 0 radical (unpaired) electrons. The number of carbonyl (C=O) groups is 1. The van der Waals surface area contributed by atoms with Crippen LogP contribution in [0.1, 0.15) is 30.0 Å². The van der Waals surface area contributed by atoms with Crippen molar-refractivity contribution in [3.8, 4) is 11.3 Å². The highest BCUT2D eigenvalue weighted by Crippen LogP contribution is 2.18. The number of pyridine rings is 1. The summed E-state index contributed by atoms with van der Waals surface area (Å²) in [4.78, 5) is 24.0. The van der Waals surface area contributed by atoms with E-state index in [1.54, 1.807) is 24.5 Å². The summed E-state index contributed by atoms with van der Waals surface area (Å²) < 4.78 is 5.25. The minimum Gasteiger partial charge on any atom is -0.459 e. The Balaban J connectivity index is 1.70. The summed E-state index contributed by atoms with van der Waals surface area (Å²) >= 11 is 0. The van der Waals surface area contributed by atoms with Crippen molar-refractivity contribution < 1.29 is 9.53 Å². The van der Waals surface area contributed by atoms with E-state index in [2.05, 4.69) is 20.3 Å². The van der Waals surface area contributed by atoms with Crippen LogP contribution in [-0.2, 0) is 11.3 Å². The van der Waals surface area contributed by atoms with Crippen LogP contribution in [0.3, 0.4) is 0 Å². The molecule has 0 spiro atoms. The van der Waals surface area contributed by atoms with Crippen LogP contribution in [0.25, 0.3) is 11.3 Å². The number of hydrogen-bond acceptors (Lipinski definition) is 5. The molecule has 1 aromatic carbocycles. The molecule has 0 bridgehead atoms. The number of H-pyrrole nitrogens is 1. The zero-order valence-electron chi connectivity index (χ0n) is 14.2. The van der Waals surface area contributed by atoms with Gasteiger partial charge in [0.2, 0.25) is 0 Å². The van der Waals surface area contributed by atoms with Crippen molar-refractivity contribution in [2.24, 2.45) is 0 Å². The Kier molecular flexibility index (Phi) is 5.09. The minimum atomic E-state index is -0.394. The number of nitrogens with zero attached hydrogens (tertiary/aromatic N) is 2. The maximum absolute atomic E-state index is 12.2. The fourth-order valence-corrected chi connectivity index (χ4v) is 2.37. The van der Waals surface area contributed by atoms with Crippen LogP contribution < -0.4 is 5.32 Å². The number of carbonyl (C=O) groups excluding carboxylic acids is 1. The molecule has 128 valence electrons. The van der Waals surface area contributed by atoms with Crippen LogP contribution in [0.4, 0.5) is 5.82 Å². The molecule has 0 saturated carbocycles.